The number of amides is 3. The number of alkyl halides is 3. The summed E-state index contributed by atoms with van der Waals surface area (Å²) in [5.41, 5.74) is 0.906. The van der Waals surface area contributed by atoms with Crippen molar-refractivity contribution >= 4 is 29.8 Å². The van der Waals surface area contributed by atoms with Crippen molar-refractivity contribution in [2.45, 2.75) is 56.7 Å². The van der Waals surface area contributed by atoms with Crippen molar-refractivity contribution in [2.75, 3.05) is 6.61 Å². The van der Waals surface area contributed by atoms with Crippen LogP contribution in [0.2, 0.25) is 0 Å². The standard InChI is InChI=1S/C34H31F3N3O5.Y/c1-22(41)15-17-28(31(42)38-20-24-11-8-14-26(19-24)34(35,36)37)39-27(18-16-23-9-4-2-5-10-23)30(32(39)43)40-29(21-45-33(40)44)25-12-6-3-7-13-25;/h2-14,16,19,27-30H,15,17,20-21H2,1H3,(H,38,42);/q-1;/t27?,28-,29+,30?;/m0./s1. The Kier molecular flexibility index (Phi) is 11.6. The molecule has 2 saturated heterocycles. The number of hydrogen-bond donors (Lipinski definition) is 1. The molecule has 3 aromatic carbocycles. The molecule has 2 aliphatic rings. The number of cyclic esters (lactones) is 1. The molecular weight excluding hydrogens is 676 g/mol. The number of likely N-dealkylation sites (tertiary alicyclic amines) is 1. The Morgan fingerprint density at radius 1 is 1.02 bits per heavy atom. The van der Waals surface area contributed by atoms with E-state index in [0.29, 0.717) is 0 Å². The van der Waals surface area contributed by atoms with Crippen LogP contribution in [0.5, 0.6) is 0 Å². The summed E-state index contributed by atoms with van der Waals surface area (Å²) < 4.78 is 45.1. The van der Waals surface area contributed by atoms with E-state index in [-0.39, 0.29) is 70.0 Å². The van der Waals surface area contributed by atoms with E-state index >= 15 is 0 Å². The van der Waals surface area contributed by atoms with Crippen LogP contribution in [-0.2, 0) is 64.6 Å². The summed E-state index contributed by atoms with van der Waals surface area (Å²) in [5, 5.41) is 2.64. The first-order valence-corrected chi connectivity index (χ1v) is 14.4. The van der Waals surface area contributed by atoms with Crippen molar-refractivity contribution in [2.24, 2.45) is 0 Å². The van der Waals surface area contributed by atoms with Gasteiger partial charge in [-0.05, 0) is 36.6 Å². The van der Waals surface area contributed by atoms with Gasteiger partial charge >= 0.3 is 12.3 Å². The molecule has 0 saturated carbocycles. The molecule has 0 spiro atoms. The van der Waals surface area contributed by atoms with Crippen LogP contribution in [0.1, 0.15) is 48.1 Å². The van der Waals surface area contributed by atoms with Crippen molar-refractivity contribution in [3.05, 3.63) is 113 Å². The fourth-order valence-corrected chi connectivity index (χ4v) is 5.59. The molecule has 3 aromatic rings. The Morgan fingerprint density at radius 2 is 1.70 bits per heavy atom. The summed E-state index contributed by atoms with van der Waals surface area (Å²) in [6, 6.07) is 19.2. The molecule has 5 rings (SSSR count). The third-order valence-electron chi connectivity index (χ3n) is 7.85. The smallest absolute Gasteiger partial charge is 0.416 e. The van der Waals surface area contributed by atoms with Crippen molar-refractivity contribution in [3.63, 3.8) is 0 Å². The van der Waals surface area contributed by atoms with Gasteiger partial charge in [0.25, 0.3) is 0 Å². The van der Waals surface area contributed by atoms with Gasteiger partial charge in [0.2, 0.25) is 11.8 Å². The van der Waals surface area contributed by atoms with E-state index in [1.54, 1.807) is 6.08 Å². The molecule has 4 atom stereocenters. The predicted octanol–water partition coefficient (Wildman–Crippen LogP) is 5.35. The zero-order chi connectivity index (χ0) is 32.1. The minimum absolute atomic E-state index is 0. The molecule has 0 aromatic heterocycles. The van der Waals surface area contributed by atoms with Gasteiger partial charge in [0.1, 0.15) is 24.5 Å². The fraction of sp³-hybridized carbons (Fsp3) is 0.294. The topological polar surface area (TPSA) is 96.0 Å². The van der Waals surface area contributed by atoms with Gasteiger partial charge in [0, 0.05) is 51.7 Å². The monoisotopic (exact) mass is 707 g/mol. The van der Waals surface area contributed by atoms with E-state index in [0.717, 1.165) is 23.3 Å². The Bertz CT molecular complexity index is 1590. The van der Waals surface area contributed by atoms with Crippen molar-refractivity contribution < 1.29 is 69.8 Å². The second-order valence-corrected chi connectivity index (χ2v) is 10.9. The van der Waals surface area contributed by atoms with Crippen LogP contribution in [0.3, 0.4) is 0 Å². The van der Waals surface area contributed by atoms with Crippen LogP contribution < -0.4 is 5.32 Å². The van der Waals surface area contributed by atoms with Crippen LogP contribution in [0.25, 0.3) is 6.08 Å². The number of hydrogen-bond acceptors (Lipinski definition) is 5. The quantitative estimate of drug-likeness (QED) is 0.215. The summed E-state index contributed by atoms with van der Waals surface area (Å²) in [6.45, 7) is 1.17. The molecule has 2 heterocycles. The average Bonchev–Trinajstić information content (AvgIpc) is 3.40. The van der Waals surface area contributed by atoms with Crippen molar-refractivity contribution in [3.8, 4) is 0 Å². The molecule has 237 valence electrons. The number of carbonyl (C=O) groups excluding carboxylic acids is 4. The van der Waals surface area contributed by atoms with Gasteiger partial charge in [-0.2, -0.15) is 18.7 Å². The minimum atomic E-state index is -4.55. The second kappa shape index (κ2) is 15.2. The number of rotatable bonds is 11. The van der Waals surface area contributed by atoms with Gasteiger partial charge in [0.05, 0.1) is 11.6 Å². The van der Waals surface area contributed by atoms with Crippen LogP contribution in [-0.4, -0.2) is 58.2 Å². The molecule has 1 N–H and O–H groups in total. The molecule has 2 unspecified atom stereocenters. The van der Waals surface area contributed by atoms with Crippen LogP contribution in [0, 0.1) is 6.08 Å². The summed E-state index contributed by atoms with van der Waals surface area (Å²) in [7, 11) is 0. The van der Waals surface area contributed by atoms with Gasteiger partial charge in [-0.25, -0.2) is 16.9 Å². The first-order chi connectivity index (χ1) is 21.5. The molecule has 8 nitrogen and oxygen atoms in total. The Balaban J connectivity index is 0.00000480. The maximum atomic E-state index is 13.9. The van der Waals surface area contributed by atoms with E-state index in [4.69, 9.17) is 4.74 Å². The molecule has 12 heteroatoms. The molecule has 0 bridgehead atoms. The number of benzene rings is 3. The molecule has 0 aliphatic carbocycles. The Morgan fingerprint density at radius 3 is 2.35 bits per heavy atom. The first kappa shape index (κ1) is 35.0. The summed E-state index contributed by atoms with van der Waals surface area (Å²) >= 11 is 0. The normalized spacial score (nSPS) is 20.1. The molecule has 46 heavy (non-hydrogen) atoms. The Labute approximate surface area is 289 Å². The number of nitrogens with zero attached hydrogens (tertiary/aromatic N) is 2. The first-order valence-electron chi connectivity index (χ1n) is 14.4. The molecule has 2 aliphatic heterocycles. The number of nitrogens with one attached hydrogen (secondary N) is 1. The number of carbonyl (C=O) groups is 4. The number of ketones is 1. The molecule has 3 amide bonds. The van der Waals surface area contributed by atoms with Crippen molar-refractivity contribution in [1.82, 2.24) is 15.1 Å². The van der Waals surface area contributed by atoms with E-state index in [9.17, 15) is 32.3 Å². The van der Waals surface area contributed by atoms with Gasteiger partial charge < -0.3 is 19.7 Å². The number of halogens is 3. The third-order valence-corrected chi connectivity index (χ3v) is 7.85. The predicted molar refractivity (Wildman–Crippen MR) is 158 cm³/mol. The van der Waals surface area contributed by atoms with Gasteiger partial charge in [-0.15, -0.1) is 12.1 Å². The number of Topliss-reactive ketones (excluding diaryl/α,β-unsaturated/α-hetero) is 1. The van der Waals surface area contributed by atoms with Crippen molar-refractivity contribution in [1.29, 1.82) is 0 Å². The zero-order valence-corrected chi connectivity index (χ0v) is 27.8. The average molecular weight is 708 g/mol. The van der Waals surface area contributed by atoms with E-state index in [2.05, 4.69) is 11.4 Å². The maximum absolute atomic E-state index is 13.9. The van der Waals surface area contributed by atoms with E-state index < -0.39 is 53.8 Å². The summed E-state index contributed by atoms with van der Waals surface area (Å²) in [6.07, 6.45) is -0.419. The van der Waals surface area contributed by atoms with Crippen LogP contribution >= 0.6 is 0 Å². The fourth-order valence-electron chi connectivity index (χ4n) is 5.59. The van der Waals surface area contributed by atoms with E-state index in [1.165, 1.54) is 28.9 Å². The Hall–Kier alpha value is -3.83. The van der Waals surface area contributed by atoms with Crippen LogP contribution in [0.15, 0.2) is 84.9 Å². The van der Waals surface area contributed by atoms with Gasteiger partial charge in [-0.3, -0.25) is 14.5 Å². The second-order valence-electron chi connectivity index (χ2n) is 10.9. The number of ether oxygens (including phenoxy) is 1. The van der Waals surface area contributed by atoms with Gasteiger partial charge in [-0.1, -0.05) is 60.7 Å². The summed E-state index contributed by atoms with van der Waals surface area (Å²) in [5.74, 6) is -1.38. The maximum Gasteiger partial charge on any atom is 0.416 e. The minimum Gasteiger partial charge on any atom is -0.447 e. The van der Waals surface area contributed by atoms with Gasteiger partial charge in [0.15, 0.2) is 0 Å². The summed E-state index contributed by atoms with van der Waals surface area (Å²) in [4.78, 5) is 55.2. The molecule has 1 radical (unpaired) electrons. The SMILES string of the molecule is CC(=O)CC[C@@H](C(=O)NCc1cccc(C(F)(F)F)c1)N1C(=O)C(N2C(=O)OC[C@@H]2c2ccccc2)C1[C-]=Cc1ccccc1.[Y]. The largest absolute Gasteiger partial charge is 0.447 e. The van der Waals surface area contributed by atoms with E-state index in [1.807, 2.05) is 60.7 Å². The molecular formula is C34H31F3N3O5Y-. The molecule has 2 fully saturated rings. The number of β-lactam (4-membered cyclic amide) rings is 1. The zero-order valence-electron chi connectivity index (χ0n) is 24.9. The van der Waals surface area contributed by atoms with Crippen LogP contribution in [0.4, 0.5) is 18.0 Å². The third kappa shape index (κ3) is 7.93.